The van der Waals surface area contributed by atoms with Crippen molar-refractivity contribution in [3.8, 4) is 23.0 Å². The lowest BCUT2D eigenvalue weighted by Gasteiger charge is -2.02. The molecule has 0 amide bonds. The molecule has 0 radical (unpaired) electrons. The highest BCUT2D eigenvalue weighted by atomic mass is 32.2. The van der Waals surface area contributed by atoms with Crippen LogP contribution in [0.25, 0.3) is 23.0 Å². The van der Waals surface area contributed by atoms with E-state index in [1.165, 1.54) is 0 Å². The molecule has 0 bridgehead atoms. The lowest BCUT2D eigenvalue weighted by Crippen LogP contribution is -2.04. The average Bonchev–Trinajstić information content (AvgIpc) is 3.32. The summed E-state index contributed by atoms with van der Waals surface area (Å²) in [5.74, 6) is 1.04. The summed E-state index contributed by atoms with van der Waals surface area (Å²) in [6, 6.07) is 19.4. The zero-order valence-corrected chi connectivity index (χ0v) is 15.3. The van der Waals surface area contributed by atoms with Crippen molar-refractivity contribution in [3.63, 3.8) is 0 Å². The quantitative estimate of drug-likeness (QED) is 0.514. The third kappa shape index (κ3) is 3.68. The van der Waals surface area contributed by atoms with Gasteiger partial charge < -0.3 is 8.94 Å². The van der Waals surface area contributed by atoms with E-state index >= 15 is 0 Å². The number of hydrogen-bond donors (Lipinski definition) is 0. The van der Waals surface area contributed by atoms with Crippen molar-refractivity contribution in [1.82, 2.24) is 10.1 Å². The highest BCUT2D eigenvalue weighted by Crippen LogP contribution is 2.26. The van der Waals surface area contributed by atoms with Gasteiger partial charge in [-0.15, -0.1) is 0 Å². The van der Waals surface area contributed by atoms with Gasteiger partial charge >= 0.3 is 0 Å². The van der Waals surface area contributed by atoms with Crippen molar-refractivity contribution in [2.45, 2.75) is 17.6 Å². The number of sulfone groups is 1. The molecule has 0 saturated heterocycles. The van der Waals surface area contributed by atoms with E-state index in [0.717, 1.165) is 11.1 Å². The maximum Gasteiger partial charge on any atom is 0.293 e. The summed E-state index contributed by atoms with van der Waals surface area (Å²) in [6.07, 6.45) is 0. The van der Waals surface area contributed by atoms with Crippen LogP contribution in [-0.4, -0.2) is 18.6 Å². The summed E-state index contributed by atoms with van der Waals surface area (Å²) < 4.78 is 35.9. The van der Waals surface area contributed by atoms with E-state index in [1.54, 1.807) is 36.4 Å². The molecule has 0 saturated carbocycles. The zero-order chi connectivity index (χ0) is 18.9. The maximum atomic E-state index is 12.5. The van der Waals surface area contributed by atoms with Gasteiger partial charge in [-0.3, -0.25) is 0 Å². The van der Waals surface area contributed by atoms with Crippen molar-refractivity contribution in [3.05, 3.63) is 78.1 Å². The van der Waals surface area contributed by atoms with Gasteiger partial charge in [-0.2, -0.15) is 4.98 Å². The second kappa shape index (κ2) is 6.85. The van der Waals surface area contributed by atoms with E-state index < -0.39 is 9.84 Å². The number of hydrogen-bond acceptors (Lipinski definition) is 6. The minimum atomic E-state index is -3.50. The highest BCUT2D eigenvalue weighted by Gasteiger charge is 2.20. The number of benzene rings is 2. The minimum absolute atomic E-state index is 0.202. The van der Waals surface area contributed by atoms with Crippen LogP contribution in [0.1, 0.15) is 11.3 Å². The van der Waals surface area contributed by atoms with E-state index in [-0.39, 0.29) is 16.5 Å². The Hall–Kier alpha value is -3.19. The Morgan fingerprint density at radius 2 is 1.67 bits per heavy atom. The predicted molar refractivity (Wildman–Crippen MR) is 99.5 cm³/mol. The molecule has 2 heterocycles. The first kappa shape index (κ1) is 17.2. The summed E-state index contributed by atoms with van der Waals surface area (Å²) in [5.41, 5.74) is 1.82. The van der Waals surface area contributed by atoms with Crippen LogP contribution in [0, 0.1) is 6.92 Å². The number of aryl methyl sites for hydroxylation is 1. The van der Waals surface area contributed by atoms with Crippen LogP contribution in [0.3, 0.4) is 0 Å². The number of aromatic nitrogens is 2. The molecule has 0 spiro atoms. The minimum Gasteiger partial charge on any atom is -0.455 e. The Kier molecular flexibility index (Phi) is 4.37. The molecule has 0 aliphatic rings. The second-order valence-corrected chi connectivity index (χ2v) is 8.12. The Morgan fingerprint density at radius 3 is 2.41 bits per heavy atom. The van der Waals surface area contributed by atoms with Crippen molar-refractivity contribution in [1.29, 1.82) is 0 Å². The van der Waals surface area contributed by atoms with E-state index in [9.17, 15) is 8.42 Å². The standard InChI is InChI=1S/C20H16N2O4S/c1-14-7-10-17(11-8-14)27(23,24)13-16-9-12-18(25-16)20-21-19(22-26-20)15-5-3-2-4-6-15/h2-12H,13H2,1H3. The SMILES string of the molecule is Cc1ccc(S(=O)(=O)Cc2ccc(-c3nc(-c4ccccc4)no3)o2)cc1. The van der Waals surface area contributed by atoms with Gasteiger partial charge in [0.25, 0.3) is 5.89 Å². The second-order valence-electron chi connectivity index (χ2n) is 6.13. The van der Waals surface area contributed by atoms with Crippen molar-refractivity contribution >= 4 is 9.84 Å². The molecule has 0 aliphatic carbocycles. The van der Waals surface area contributed by atoms with Crippen LogP contribution >= 0.6 is 0 Å². The van der Waals surface area contributed by atoms with Gasteiger partial charge in [0.15, 0.2) is 15.6 Å². The van der Waals surface area contributed by atoms with Crippen LogP contribution in [0.5, 0.6) is 0 Å². The maximum absolute atomic E-state index is 12.5. The molecule has 2 aromatic carbocycles. The summed E-state index contributed by atoms with van der Waals surface area (Å²) in [5, 5.41) is 3.94. The van der Waals surface area contributed by atoms with E-state index in [2.05, 4.69) is 10.1 Å². The number of nitrogens with zero attached hydrogens (tertiary/aromatic N) is 2. The molecule has 2 aromatic heterocycles. The topological polar surface area (TPSA) is 86.2 Å². The first-order chi connectivity index (χ1) is 13.0. The van der Waals surface area contributed by atoms with Crippen molar-refractivity contribution in [2.75, 3.05) is 0 Å². The molecule has 0 atom stereocenters. The van der Waals surface area contributed by atoms with Gasteiger partial charge in [-0.25, -0.2) is 8.42 Å². The largest absolute Gasteiger partial charge is 0.455 e. The van der Waals surface area contributed by atoms with Crippen molar-refractivity contribution < 1.29 is 17.4 Å². The van der Waals surface area contributed by atoms with Crippen LogP contribution in [0.2, 0.25) is 0 Å². The van der Waals surface area contributed by atoms with Gasteiger partial charge in [0.1, 0.15) is 11.5 Å². The molecule has 4 rings (SSSR count). The molecule has 6 nitrogen and oxygen atoms in total. The summed E-state index contributed by atoms with van der Waals surface area (Å²) in [6.45, 7) is 1.91. The fourth-order valence-electron chi connectivity index (χ4n) is 2.61. The molecular weight excluding hydrogens is 364 g/mol. The lowest BCUT2D eigenvalue weighted by molar-refractivity contribution is 0.413. The van der Waals surface area contributed by atoms with Crippen LogP contribution in [-0.2, 0) is 15.6 Å². The van der Waals surface area contributed by atoms with Gasteiger partial charge in [-0.1, -0.05) is 53.2 Å². The Morgan fingerprint density at radius 1 is 0.926 bits per heavy atom. The Bertz CT molecular complexity index is 1160. The molecule has 0 unspecified atom stereocenters. The normalized spacial score (nSPS) is 11.6. The highest BCUT2D eigenvalue weighted by molar-refractivity contribution is 7.90. The van der Waals surface area contributed by atoms with E-state index in [4.69, 9.17) is 8.94 Å². The monoisotopic (exact) mass is 380 g/mol. The van der Waals surface area contributed by atoms with Gasteiger partial charge in [-0.05, 0) is 31.2 Å². The number of rotatable bonds is 5. The van der Waals surface area contributed by atoms with Crippen LogP contribution < -0.4 is 0 Å². The predicted octanol–water partition coefficient (Wildman–Crippen LogP) is 4.28. The third-order valence-electron chi connectivity index (χ3n) is 4.04. The molecule has 27 heavy (non-hydrogen) atoms. The van der Waals surface area contributed by atoms with Crippen molar-refractivity contribution in [2.24, 2.45) is 0 Å². The first-order valence-corrected chi connectivity index (χ1v) is 9.94. The zero-order valence-electron chi connectivity index (χ0n) is 14.5. The summed E-state index contributed by atoms with van der Waals surface area (Å²) >= 11 is 0. The average molecular weight is 380 g/mol. The third-order valence-corrected chi connectivity index (χ3v) is 5.70. The van der Waals surface area contributed by atoms with Gasteiger partial charge in [0.2, 0.25) is 5.82 Å². The first-order valence-electron chi connectivity index (χ1n) is 8.29. The molecule has 0 fully saturated rings. The van der Waals surface area contributed by atoms with E-state index in [0.29, 0.717) is 17.3 Å². The fraction of sp³-hybridized carbons (Fsp3) is 0.100. The molecule has 4 aromatic rings. The summed E-state index contributed by atoms with van der Waals surface area (Å²) in [4.78, 5) is 4.57. The van der Waals surface area contributed by atoms with Gasteiger partial charge in [0, 0.05) is 5.56 Å². The smallest absolute Gasteiger partial charge is 0.293 e. The fourth-order valence-corrected chi connectivity index (χ4v) is 3.86. The molecule has 0 N–H and O–H groups in total. The molecular formula is C20H16N2O4S. The lowest BCUT2D eigenvalue weighted by atomic mass is 10.2. The van der Waals surface area contributed by atoms with Gasteiger partial charge in [0.05, 0.1) is 4.90 Å². The van der Waals surface area contributed by atoms with Crippen LogP contribution in [0.4, 0.5) is 0 Å². The number of furan rings is 1. The molecule has 136 valence electrons. The van der Waals surface area contributed by atoms with E-state index in [1.807, 2.05) is 37.3 Å². The Labute approximate surface area is 156 Å². The molecule has 0 aliphatic heterocycles. The van der Waals surface area contributed by atoms with Crippen LogP contribution in [0.15, 0.2) is 80.6 Å². The molecule has 7 heteroatoms. The Balaban J connectivity index is 1.55. The summed E-state index contributed by atoms with van der Waals surface area (Å²) in [7, 11) is -3.50.